The van der Waals surface area contributed by atoms with Crippen molar-refractivity contribution in [2.45, 2.75) is 39.2 Å². The third-order valence-electron chi connectivity index (χ3n) is 4.55. The van der Waals surface area contributed by atoms with E-state index in [4.69, 9.17) is 0 Å². The van der Waals surface area contributed by atoms with E-state index in [0.717, 1.165) is 23.6 Å². The highest BCUT2D eigenvalue weighted by Gasteiger charge is 2.38. The number of piperidine rings is 1. The Kier molecular flexibility index (Phi) is 2.98. The van der Waals surface area contributed by atoms with E-state index in [1.165, 1.54) is 24.8 Å². The highest BCUT2D eigenvalue weighted by Crippen LogP contribution is 2.37. The molecule has 0 N–H and O–H groups in total. The first-order chi connectivity index (χ1) is 8.63. The van der Waals surface area contributed by atoms with E-state index in [1.54, 1.807) is 0 Å². The Balaban J connectivity index is 1.71. The molecule has 1 saturated carbocycles. The molecule has 2 bridgehead atoms. The van der Waals surface area contributed by atoms with Crippen LogP contribution in [-0.4, -0.2) is 29.8 Å². The first kappa shape index (κ1) is 11.9. The predicted molar refractivity (Wildman–Crippen MR) is 72.9 cm³/mol. The monoisotopic (exact) mass is 243 g/mol. The Morgan fingerprint density at radius 1 is 1.33 bits per heavy atom. The zero-order valence-electron chi connectivity index (χ0n) is 11.3. The topological polar surface area (TPSA) is 20.3 Å². The summed E-state index contributed by atoms with van der Waals surface area (Å²) in [6.45, 7) is 5.86. The molecule has 2 aliphatic rings. The molecular formula is C16H21NO. The lowest BCUT2D eigenvalue weighted by atomic mass is 10.0. The number of ketones is 1. The van der Waals surface area contributed by atoms with Crippen LogP contribution in [0.5, 0.6) is 0 Å². The molecule has 1 aliphatic carbocycles. The van der Waals surface area contributed by atoms with Gasteiger partial charge >= 0.3 is 0 Å². The van der Waals surface area contributed by atoms with Gasteiger partial charge < -0.3 is 0 Å². The molecule has 0 radical (unpaired) electrons. The number of hydrogen-bond acceptors (Lipinski definition) is 2. The Hall–Kier alpha value is -1.15. The number of benzene rings is 1. The molecule has 2 unspecified atom stereocenters. The van der Waals surface area contributed by atoms with Crippen molar-refractivity contribution in [2.24, 2.45) is 5.92 Å². The number of carbonyl (C=O) groups is 1. The van der Waals surface area contributed by atoms with Gasteiger partial charge in [-0.2, -0.15) is 0 Å². The fraction of sp³-hybridized carbons (Fsp3) is 0.562. The number of fused-ring (bicyclic) bond motifs is 2. The van der Waals surface area contributed by atoms with Gasteiger partial charge in [0.15, 0.2) is 5.78 Å². The van der Waals surface area contributed by atoms with E-state index in [0.29, 0.717) is 18.4 Å². The standard InChI is InChI=1S/C16H21NO/c1-11-3-6-15(12(2)7-11)16(18)10-17-9-13-4-5-14(17)8-13/h3,6-7,13-14H,4-5,8-10H2,1-2H3. The zero-order valence-corrected chi connectivity index (χ0v) is 11.3. The average Bonchev–Trinajstić information content (AvgIpc) is 2.90. The molecule has 0 aromatic heterocycles. The van der Waals surface area contributed by atoms with Crippen LogP contribution in [0.3, 0.4) is 0 Å². The molecule has 0 spiro atoms. The van der Waals surface area contributed by atoms with Crippen LogP contribution in [0.2, 0.25) is 0 Å². The number of rotatable bonds is 3. The Bertz CT molecular complexity index is 480. The molecule has 96 valence electrons. The SMILES string of the molecule is Cc1ccc(C(=O)CN2CC3CCC2C3)c(C)c1. The van der Waals surface area contributed by atoms with Crippen molar-refractivity contribution in [2.75, 3.05) is 13.1 Å². The summed E-state index contributed by atoms with van der Waals surface area (Å²) in [6.07, 6.45) is 3.99. The van der Waals surface area contributed by atoms with Gasteiger partial charge in [-0.05, 0) is 44.6 Å². The van der Waals surface area contributed by atoms with E-state index in [9.17, 15) is 4.79 Å². The van der Waals surface area contributed by atoms with Crippen molar-refractivity contribution in [1.82, 2.24) is 4.90 Å². The van der Waals surface area contributed by atoms with E-state index in [2.05, 4.69) is 17.9 Å². The summed E-state index contributed by atoms with van der Waals surface area (Å²) in [6, 6.07) is 6.81. The normalized spacial score (nSPS) is 26.8. The minimum Gasteiger partial charge on any atom is -0.293 e. The van der Waals surface area contributed by atoms with Gasteiger partial charge in [0.2, 0.25) is 0 Å². The highest BCUT2D eigenvalue weighted by molar-refractivity contribution is 5.99. The van der Waals surface area contributed by atoms with Gasteiger partial charge in [-0.1, -0.05) is 23.8 Å². The minimum atomic E-state index is 0.292. The van der Waals surface area contributed by atoms with Gasteiger partial charge in [0.25, 0.3) is 0 Å². The molecule has 0 amide bonds. The van der Waals surface area contributed by atoms with Crippen LogP contribution in [-0.2, 0) is 0 Å². The molecule has 1 aromatic carbocycles. The lowest BCUT2D eigenvalue weighted by Crippen LogP contribution is -2.36. The van der Waals surface area contributed by atoms with E-state index in [-0.39, 0.29) is 0 Å². The van der Waals surface area contributed by atoms with Crippen LogP contribution in [0, 0.1) is 19.8 Å². The van der Waals surface area contributed by atoms with Gasteiger partial charge in [-0.3, -0.25) is 9.69 Å². The summed E-state index contributed by atoms with van der Waals surface area (Å²) in [4.78, 5) is 14.8. The summed E-state index contributed by atoms with van der Waals surface area (Å²) in [5.74, 6) is 1.15. The Morgan fingerprint density at radius 2 is 2.17 bits per heavy atom. The highest BCUT2D eigenvalue weighted by atomic mass is 16.1. The molecule has 1 saturated heterocycles. The maximum absolute atomic E-state index is 12.4. The van der Waals surface area contributed by atoms with Crippen molar-refractivity contribution in [1.29, 1.82) is 0 Å². The molecule has 1 heterocycles. The molecule has 1 aromatic rings. The van der Waals surface area contributed by atoms with Gasteiger partial charge in [-0.25, -0.2) is 0 Å². The van der Waals surface area contributed by atoms with Crippen LogP contribution in [0.1, 0.15) is 40.7 Å². The first-order valence-corrected chi connectivity index (χ1v) is 6.98. The van der Waals surface area contributed by atoms with Crippen molar-refractivity contribution in [3.63, 3.8) is 0 Å². The predicted octanol–water partition coefficient (Wildman–Crippen LogP) is 2.97. The number of nitrogens with zero attached hydrogens (tertiary/aromatic N) is 1. The molecule has 2 atom stereocenters. The lowest BCUT2D eigenvalue weighted by Gasteiger charge is -2.26. The van der Waals surface area contributed by atoms with Crippen molar-refractivity contribution >= 4 is 5.78 Å². The number of Topliss-reactive ketones (excluding diaryl/α,β-unsaturated/α-hetero) is 1. The second-order valence-corrected chi connectivity index (χ2v) is 6.00. The molecule has 2 heteroatoms. The smallest absolute Gasteiger partial charge is 0.177 e. The minimum absolute atomic E-state index is 0.292. The van der Waals surface area contributed by atoms with Gasteiger partial charge in [0.1, 0.15) is 0 Å². The van der Waals surface area contributed by atoms with Crippen LogP contribution >= 0.6 is 0 Å². The van der Waals surface area contributed by atoms with E-state index in [1.807, 2.05) is 19.1 Å². The van der Waals surface area contributed by atoms with Gasteiger partial charge in [0.05, 0.1) is 6.54 Å². The molecule has 18 heavy (non-hydrogen) atoms. The van der Waals surface area contributed by atoms with Crippen molar-refractivity contribution in [3.8, 4) is 0 Å². The zero-order chi connectivity index (χ0) is 12.7. The summed E-state index contributed by atoms with van der Waals surface area (Å²) < 4.78 is 0. The second kappa shape index (κ2) is 4.51. The first-order valence-electron chi connectivity index (χ1n) is 6.98. The largest absolute Gasteiger partial charge is 0.293 e. The number of hydrogen-bond donors (Lipinski definition) is 0. The molecular weight excluding hydrogens is 222 g/mol. The third kappa shape index (κ3) is 2.10. The van der Waals surface area contributed by atoms with Crippen LogP contribution in [0.4, 0.5) is 0 Å². The maximum Gasteiger partial charge on any atom is 0.177 e. The second-order valence-electron chi connectivity index (χ2n) is 6.00. The quantitative estimate of drug-likeness (QED) is 0.761. The van der Waals surface area contributed by atoms with Gasteiger partial charge in [0, 0.05) is 18.2 Å². The fourth-order valence-electron chi connectivity index (χ4n) is 3.62. The van der Waals surface area contributed by atoms with E-state index < -0.39 is 0 Å². The maximum atomic E-state index is 12.4. The number of likely N-dealkylation sites (tertiary alicyclic amines) is 1. The molecule has 3 rings (SSSR count). The Morgan fingerprint density at radius 3 is 2.78 bits per heavy atom. The molecule has 2 nitrogen and oxygen atoms in total. The van der Waals surface area contributed by atoms with Crippen LogP contribution in [0.15, 0.2) is 18.2 Å². The third-order valence-corrected chi connectivity index (χ3v) is 4.55. The van der Waals surface area contributed by atoms with Gasteiger partial charge in [-0.15, -0.1) is 0 Å². The summed E-state index contributed by atoms with van der Waals surface area (Å²) in [5.41, 5.74) is 3.25. The van der Waals surface area contributed by atoms with Crippen molar-refractivity contribution in [3.05, 3.63) is 34.9 Å². The molecule has 1 aliphatic heterocycles. The number of carbonyl (C=O) groups excluding carboxylic acids is 1. The number of aryl methyl sites for hydroxylation is 2. The van der Waals surface area contributed by atoms with Crippen LogP contribution in [0.25, 0.3) is 0 Å². The molecule has 2 fully saturated rings. The van der Waals surface area contributed by atoms with Crippen molar-refractivity contribution < 1.29 is 4.79 Å². The average molecular weight is 243 g/mol. The fourth-order valence-corrected chi connectivity index (χ4v) is 3.62. The summed E-state index contributed by atoms with van der Waals surface area (Å²) in [5, 5.41) is 0. The Labute approximate surface area is 109 Å². The van der Waals surface area contributed by atoms with Crippen LogP contribution < -0.4 is 0 Å². The summed E-state index contributed by atoms with van der Waals surface area (Å²) >= 11 is 0. The summed E-state index contributed by atoms with van der Waals surface area (Å²) in [7, 11) is 0. The lowest BCUT2D eigenvalue weighted by molar-refractivity contribution is 0.0904. The van der Waals surface area contributed by atoms with E-state index >= 15 is 0 Å².